The Bertz CT molecular complexity index is 413. The van der Waals surface area contributed by atoms with Crippen LogP contribution < -0.4 is 5.32 Å². The minimum Gasteiger partial charge on any atom is -0.304 e. The zero-order valence-electron chi connectivity index (χ0n) is 11.0. The van der Waals surface area contributed by atoms with Gasteiger partial charge in [0.05, 0.1) is 6.04 Å². The van der Waals surface area contributed by atoms with Crippen LogP contribution >= 0.6 is 11.3 Å². The van der Waals surface area contributed by atoms with Crippen LogP contribution in [0.2, 0.25) is 0 Å². The van der Waals surface area contributed by atoms with Crippen LogP contribution in [0.1, 0.15) is 11.9 Å². The van der Waals surface area contributed by atoms with Crippen LogP contribution in [0.15, 0.2) is 0 Å². The topological polar surface area (TPSA) is 61.4 Å². The van der Waals surface area contributed by atoms with Crippen molar-refractivity contribution in [3.8, 4) is 0 Å². The Morgan fingerprint density at radius 2 is 2.00 bits per heavy atom. The molecule has 2 heterocycles. The van der Waals surface area contributed by atoms with Crippen LogP contribution in [0.25, 0.3) is 0 Å². The van der Waals surface area contributed by atoms with Crippen molar-refractivity contribution in [2.24, 2.45) is 0 Å². The maximum Gasteiger partial charge on any atom is 0.243 e. The minimum atomic E-state index is -0.122. The standard InChI is InChI=1S/C11H19N5OS/c1-8(16-6-4-15(3)5-7-16)10(17)12-11-14-13-9(2)18-11/h8H,4-7H2,1-3H3,(H,12,14,17)/t8-/m1/s1. The Kier molecular flexibility index (Phi) is 4.26. The number of aromatic nitrogens is 2. The quantitative estimate of drug-likeness (QED) is 0.862. The van der Waals surface area contributed by atoms with E-state index in [0.717, 1.165) is 31.2 Å². The second kappa shape index (κ2) is 5.73. The normalized spacial score (nSPS) is 19.7. The van der Waals surface area contributed by atoms with Gasteiger partial charge in [0.2, 0.25) is 11.0 Å². The highest BCUT2D eigenvalue weighted by Gasteiger charge is 2.24. The summed E-state index contributed by atoms with van der Waals surface area (Å²) in [5.41, 5.74) is 0. The van der Waals surface area contributed by atoms with Gasteiger partial charge in [-0.15, -0.1) is 10.2 Å². The number of anilines is 1. The number of hydrogen-bond acceptors (Lipinski definition) is 6. The molecule has 0 saturated carbocycles. The molecule has 1 atom stereocenters. The number of carbonyl (C=O) groups is 1. The van der Waals surface area contributed by atoms with E-state index in [9.17, 15) is 4.79 Å². The van der Waals surface area contributed by atoms with E-state index in [1.54, 1.807) is 0 Å². The van der Waals surface area contributed by atoms with E-state index in [1.165, 1.54) is 11.3 Å². The minimum absolute atomic E-state index is 0.00398. The zero-order chi connectivity index (χ0) is 13.1. The largest absolute Gasteiger partial charge is 0.304 e. The average molecular weight is 269 g/mol. The lowest BCUT2D eigenvalue weighted by Gasteiger charge is -2.35. The van der Waals surface area contributed by atoms with E-state index in [1.807, 2.05) is 13.8 Å². The second-order valence-corrected chi connectivity index (χ2v) is 5.81. The molecule has 0 bridgehead atoms. The number of piperazine rings is 1. The van der Waals surface area contributed by atoms with Gasteiger partial charge >= 0.3 is 0 Å². The molecule has 7 heteroatoms. The van der Waals surface area contributed by atoms with E-state index in [2.05, 4.69) is 32.4 Å². The van der Waals surface area contributed by atoms with Gasteiger partial charge in [-0.1, -0.05) is 11.3 Å². The average Bonchev–Trinajstić information content (AvgIpc) is 2.75. The van der Waals surface area contributed by atoms with Gasteiger partial charge in [0.1, 0.15) is 5.01 Å². The molecule has 0 aliphatic carbocycles. The first-order valence-electron chi connectivity index (χ1n) is 6.10. The number of nitrogens with one attached hydrogen (secondary N) is 1. The predicted molar refractivity (Wildman–Crippen MR) is 71.8 cm³/mol. The first-order chi connectivity index (χ1) is 8.56. The van der Waals surface area contributed by atoms with Crippen molar-refractivity contribution < 1.29 is 4.79 Å². The Morgan fingerprint density at radius 1 is 1.33 bits per heavy atom. The van der Waals surface area contributed by atoms with Crippen molar-refractivity contribution in [1.82, 2.24) is 20.0 Å². The molecule has 0 aromatic carbocycles. The maximum atomic E-state index is 12.1. The van der Waals surface area contributed by atoms with Crippen molar-refractivity contribution in [3.63, 3.8) is 0 Å². The molecule has 1 aromatic heterocycles. The molecule has 0 spiro atoms. The highest BCUT2D eigenvalue weighted by molar-refractivity contribution is 7.15. The summed E-state index contributed by atoms with van der Waals surface area (Å²) in [4.78, 5) is 16.5. The van der Waals surface area contributed by atoms with Gasteiger partial charge in [0.15, 0.2) is 0 Å². The smallest absolute Gasteiger partial charge is 0.243 e. The van der Waals surface area contributed by atoms with Crippen molar-refractivity contribution in [2.75, 3.05) is 38.5 Å². The first-order valence-corrected chi connectivity index (χ1v) is 6.91. The number of nitrogens with zero attached hydrogens (tertiary/aromatic N) is 4. The molecule has 1 aliphatic rings. The summed E-state index contributed by atoms with van der Waals surface area (Å²) in [5, 5.41) is 12.1. The fraction of sp³-hybridized carbons (Fsp3) is 0.727. The summed E-state index contributed by atoms with van der Waals surface area (Å²) >= 11 is 1.40. The molecule has 0 unspecified atom stereocenters. The lowest BCUT2D eigenvalue weighted by molar-refractivity contribution is -0.121. The fourth-order valence-corrected chi connectivity index (χ4v) is 2.53. The molecule has 1 aliphatic heterocycles. The van der Waals surface area contributed by atoms with Crippen molar-refractivity contribution in [2.45, 2.75) is 19.9 Å². The lowest BCUT2D eigenvalue weighted by atomic mass is 10.2. The van der Waals surface area contributed by atoms with Gasteiger partial charge < -0.3 is 4.90 Å². The van der Waals surface area contributed by atoms with Gasteiger partial charge in [-0.25, -0.2) is 0 Å². The van der Waals surface area contributed by atoms with Gasteiger partial charge in [-0.2, -0.15) is 0 Å². The fourth-order valence-electron chi connectivity index (χ4n) is 1.93. The summed E-state index contributed by atoms with van der Waals surface area (Å²) in [5.74, 6) is -0.00398. The molecule has 2 rings (SSSR count). The Labute approximate surface area is 111 Å². The van der Waals surface area contributed by atoms with Crippen molar-refractivity contribution in [3.05, 3.63) is 5.01 Å². The van der Waals surface area contributed by atoms with E-state index in [0.29, 0.717) is 5.13 Å². The van der Waals surface area contributed by atoms with Crippen LogP contribution in [-0.2, 0) is 4.79 Å². The molecule has 6 nitrogen and oxygen atoms in total. The van der Waals surface area contributed by atoms with E-state index < -0.39 is 0 Å². The highest BCUT2D eigenvalue weighted by atomic mass is 32.1. The zero-order valence-corrected chi connectivity index (χ0v) is 11.8. The third kappa shape index (κ3) is 3.24. The Morgan fingerprint density at radius 3 is 2.56 bits per heavy atom. The molecule has 100 valence electrons. The lowest BCUT2D eigenvalue weighted by Crippen LogP contribution is -2.51. The molecule has 1 saturated heterocycles. The SMILES string of the molecule is Cc1nnc(NC(=O)[C@@H](C)N2CCN(C)CC2)s1. The predicted octanol–water partition coefficient (Wildman–Crippen LogP) is 0.421. The summed E-state index contributed by atoms with van der Waals surface area (Å²) in [6.45, 7) is 7.69. The molecule has 1 fully saturated rings. The summed E-state index contributed by atoms with van der Waals surface area (Å²) in [7, 11) is 2.10. The first kappa shape index (κ1) is 13.4. The van der Waals surface area contributed by atoms with Gasteiger partial charge in [-0.3, -0.25) is 15.0 Å². The Balaban J connectivity index is 1.88. The Hall–Kier alpha value is -1.05. The molecule has 0 radical (unpaired) electrons. The number of hydrogen-bond donors (Lipinski definition) is 1. The molecule has 18 heavy (non-hydrogen) atoms. The highest BCUT2D eigenvalue weighted by Crippen LogP contribution is 2.15. The number of rotatable bonds is 3. The summed E-state index contributed by atoms with van der Waals surface area (Å²) in [6.07, 6.45) is 0. The van der Waals surface area contributed by atoms with Crippen LogP contribution in [0.3, 0.4) is 0 Å². The van der Waals surface area contributed by atoms with E-state index >= 15 is 0 Å². The van der Waals surface area contributed by atoms with Crippen molar-refractivity contribution in [1.29, 1.82) is 0 Å². The third-order valence-corrected chi connectivity index (χ3v) is 3.98. The maximum absolute atomic E-state index is 12.1. The summed E-state index contributed by atoms with van der Waals surface area (Å²) < 4.78 is 0. The van der Waals surface area contributed by atoms with E-state index in [4.69, 9.17) is 0 Å². The molecule has 1 aromatic rings. The summed E-state index contributed by atoms with van der Waals surface area (Å²) in [6, 6.07) is -0.122. The van der Waals surface area contributed by atoms with Crippen LogP contribution in [-0.4, -0.2) is 65.2 Å². The number of carbonyl (C=O) groups excluding carboxylic acids is 1. The van der Waals surface area contributed by atoms with E-state index in [-0.39, 0.29) is 11.9 Å². The van der Waals surface area contributed by atoms with Crippen molar-refractivity contribution >= 4 is 22.4 Å². The van der Waals surface area contributed by atoms with Crippen LogP contribution in [0, 0.1) is 6.92 Å². The monoisotopic (exact) mass is 269 g/mol. The number of aryl methyl sites for hydroxylation is 1. The molecular weight excluding hydrogens is 250 g/mol. The number of likely N-dealkylation sites (N-methyl/N-ethyl adjacent to an activating group) is 1. The van der Waals surface area contributed by atoms with Crippen LogP contribution in [0.5, 0.6) is 0 Å². The van der Waals surface area contributed by atoms with Crippen LogP contribution in [0.4, 0.5) is 5.13 Å². The van der Waals surface area contributed by atoms with Gasteiger partial charge in [0, 0.05) is 26.2 Å². The van der Waals surface area contributed by atoms with Gasteiger partial charge in [0.25, 0.3) is 0 Å². The molecule has 1 N–H and O–H groups in total. The molecule has 1 amide bonds. The second-order valence-electron chi connectivity index (χ2n) is 4.63. The number of amides is 1. The molecular formula is C11H19N5OS. The van der Waals surface area contributed by atoms with Gasteiger partial charge in [-0.05, 0) is 20.9 Å². The third-order valence-electron chi connectivity index (χ3n) is 3.22.